The summed E-state index contributed by atoms with van der Waals surface area (Å²) < 4.78 is 49.5. The molecule has 10 heteroatoms. The fourth-order valence-corrected chi connectivity index (χ4v) is 2.95. The Labute approximate surface area is 141 Å². The zero-order valence-corrected chi connectivity index (χ0v) is 13.7. The molecular weight excluding hydrogens is 353 g/mol. The Morgan fingerprint density at radius 1 is 1.46 bits per heavy atom. The SMILES string of the molecule is COCC1CN(c2cc(Cl)c(C(F)(F)F)cc2[N+](=O)[O-])CC(C)O1. The number of nitrogens with zero attached hydrogens (tertiary/aromatic N) is 2. The van der Waals surface area contributed by atoms with Crippen LogP contribution in [0.25, 0.3) is 0 Å². The highest BCUT2D eigenvalue weighted by Crippen LogP contribution is 2.42. The maximum Gasteiger partial charge on any atom is 0.418 e. The van der Waals surface area contributed by atoms with Gasteiger partial charge in [0.05, 0.1) is 34.3 Å². The second-order valence-corrected chi connectivity index (χ2v) is 5.91. The molecule has 2 atom stereocenters. The zero-order chi connectivity index (χ0) is 18.1. The normalized spacial score (nSPS) is 21.8. The highest BCUT2D eigenvalue weighted by molar-refractivity contribution is 6.31. The number of methoxy groups -OCH3 is 1. The van der Waals surface area contributed by atoms with E-state index >= 15 is 0 Å². The number of nitro groups is 1. The summed E-state index contributed by atoms with van der Waals surface area (Å²) in [7, 11) is 1.49. The number of benzene rings is 1. The Balaban J connectivity index is 2.45. The van der Waals surface area contributed by atoms with Crippen molar-refractivity contribution in [3.05, 3.63) is 32.8 Å². The number of nitro benzene ring substituents is 1. The van der Waals surface area contributed by atoms with Crippen molar-refractivity contribution in [2.45, 2.75) is 25.3 Å². The van der Waals surface area contributed by atoms with Gasteiger partial charge in [0, 0.05) is 26.3 Å². The third-order valence-corrected chi connectivity index (χ3v) is 3.90. The molecule has 1 heterocycles. The molecule has 2 rings (SSSR count). The van der Waals surface area contributed by atoms with E-state index in [1.165, 1.54) is 7.11 Å². The van der Waals surface area contributed by atoms with Crippen LogP contribution in [0.1, 0.15) is 12.5 Å². The maximum atomic E-state index is 12.9. The molecule has 1 aliphatic rings. The lowest BCUT2D eigenvalue weighted by atomic mass is 10.1. The Kier molecular flexibility index (Phi) is 5.56. The second kappa shape index (κ2) is 7.12. The zero-order valence-electron chi connectivity index (χ0n) is 13.0. The largest absolute Gasteiger partial charge is 0.418 e. The molecule has 1 aromatic carbocycles. The van der Waals surface area contributed by atoms with Crippen LogP contribution < -0.4 is 4.90 Å². The minimum absolute atomic E-state index is 0.0363. The van der Waals surface area contributed by atoms with E-state index in [-0.39, 0.29) is 31.0 Å². The monoisotopic (exact) mass is 368 g/mol. The average molecular weight is 369 g/mol. The molecule has 0 radical (unpaired) electrons. The summed E-state index contributed by atoms with van der Waals surface area (Å²) in [6.45, 7) is 2.58. The first kappa shape index (κ1) is 18.8. The van der Waals surface area contributed by atoms with Gasteiger partial charge >= 0.3 is 6.18 Å². The van der Waals surface area contributed by atoms with Gasteiger partial charge in [0.2, 0.25) is 0 Å². The number of rotatable bonds is 4. The van der Waals surface area contributed by atoms with Gasteiger partial charge < -0.3 is 14.4 Å². The van der Waals surface area contributed by atoms with Crippen molar-refractivity contribution < 1.29 is 27.6 Å². The van der Waals surface area contributed by atoms with Crippen LogP contribution >= 0.6 is 11.6 Å². The van der Waals surface area contributed by atoms with E-state index in [9.17, 15) is 23.3 Å². The highest BCUT2D eigenvalue weighted by atomic mass is 35.5. The maximum absolute atomic E-state index is 12.9. The van der Waals surface area contributed by atoms with Crippen LogP contribution in [-0.4, -0.2) is 43.9 Å². The Morgan fingerprint density at radius 3 is 2.67 bits per heavy atom. The molecule has 1 fully saturated rings. The van der Waals surface area contributed by atoms with Crippen molar-refractivity contribution in [3.8, 4) is 0 Å². The van der Waals surface area contributed by atoms with Gasteiger partial charge in [-0.1, -0.05) is 11.6 Å². The summed E-state index contributed by atoms with van der Waals surface area (Å²) in [5.41, 5.74) is -1.83. The quantitative estimate of drug-likeness (QED) is 0.601. The molecule has 0 aliphatic carbocycles. The predicted octanol–water partition coefficient (Wildman–Crippen LogP) is 3.51. The van der Waals surface area contributed by atoms with Gasteiger partial charge in [0.1, 0.15) is 5.69 Å². The van der Waals surface area contributed by atoms with Crippen LogP contribution in [0, 0.1) is 10.1 Å². The number of hydrogen-bond donors (Lipinski definition) is 0. The van der Waals surface area contributed by atoms with Gasteiger partial charge in [-0.3, -0.25) is 10.1 Å². The van der Waals surface area contributed by atoms with Crippen molar-refractivity contribution in [2.24, 2.45) is 0 Å². The molecule has 1 aromatic rings. The summed E-state index contributed by atoms with van der Waals surface area (Å²) in [6, 6.07) is 1.47. The van der Waals surface area contributed by atoms with Gasteiger partial charge in [-0.25, -0.2) is 0 Å². The predicted molar refractivity (Wildman–Crippen MR) is 81.5 cm³/mol. The van der Waals surface area contributed by atoms with Crippen LogP contribution in [0.5, 0.6) is 0 Å². The van der Waals surface area contributed by atoms with E-state index < -0.39 is 27.4 Å². The number of halogens is 4. The summed E-state index contributed by atoms with van der Waals surface area (Å²) in [6.07, 6.45) is -5.38. The number of morpholine rings is 1. The van der Waals surface area contributed by atoms with Crippen LogP contribution in [0.15, 0.2) is 12.1 Å². The molecule has 0 saturated carbocycles. The Morgan fingerprint density at radius 2 is 2.12 bits per heavy atom. The fourth-order valence-electron chi connectivity index (χ4n) is 2.69. The minimum Gasteiger partial charge on any atom is -0.382 e. The van der Waals surface area contributed by atoms with E-state index in [4.69, 9.17) is 21.1 Å². The molecule has 6 nitrogen and oxygen atoms in total. The molecule has 2 unspecified atom stereocenters. The van der Waals surface area contributed by atoms with Crippen LogP contribution in [0.4, 0.5) is 24.5 Å². The Hall–Kier alpha value is -1.58. The van der Waals surface area contributed by atoms with E-state index in [0.717, 1.165) is 6.07 Å². The highest BCUT2D eigenvalue weighted by Gasteiger charge is 2.38. The molecule has 0 aromatic heterocycles. The van der Waals surface area contributed by atoms with Crippen molar-refractivity contribution in [2.75, 3.05) is 31.7 Å². The Bertz CT molecular complexity index is 627. The standard InChI is InChI=1S/C14H16ClF3N2O4/c1-8-5-19(6-9(24-8)7-23-2)12-4-11(15)10(14(16,17)18)3-13(12)20(21)22/h3-4,8-9H,5-7H2,1-2H3. The topological polar surface area (TPSA) is 64.8 Å². The van der Waals surface area contributed by atoms with E-state index in [0.29, 0.717) is 12.6 Å². The van der Waals surface area contributed by atoms with Gasteiger partial charge in [-0.15, -0.1) is 0 Å². The molecule has 24 heavy (non-hydrogen) atoms. The minimum atomic E-state index is -4.77. The number of hydrogen-bond acceptors (Lipinski definition) is 5. The molecular formula is C14H16ClF3N2O4. The summed E-state index contributed by atoms with van der Waals surface area (Å²) in [5.74, 6) is 0. The third kappa shape index (κ3) is 4.08. The number of alkyl halides is 3. The fraction of sp³-hybridized carbons (Fsp3) is 0.571. The number of ether oxygens (including phenoxy) is 2. The van der Waals surface area contributed by atoms with Crippen LogP contribution in [0.3, 0.4) is 0 Å². The summed E-state index contributed by atoms with van der Waals surface area (Å²) in [4.78, 5) is 12.0. The van der Waals surface area contributed by atoms with Gasteiger partial charge in [0.25, 0.3) is 5.69 Å². The van der Waals surface area contributed by atoms with Crippen molar-refractivity contribution >= 4 is 23.0 Å². The lowest BCUT2D eigenvalue weighted by Gasteiger charge is -2.37. The average Bonchev–Trinajstić information content (AvgIpc) is 2.45. The van der Waals surface area contributed by atoms with E-state index in [1.54, 1.807) is 11.8 Å². The molecule has 1 saturated heterocycles. The van der Waals surface area contributed by atoms with Crippen molar-refractivity contribution in [3.63, 3.8) is 0 Å². The van der Waals surface area contributed by atoms with Crippen LogP contribution in [0.2, 0.25) is 5.02 Å². The molecule has 0 amide bonds. The van der Waals surface area contributed by atoms with Gasteiger partial charge in [0.15, 0.2) is 0 Å². The third-order valence-electron chi connectivity index (χ3n) is 3.59. The second-order valence-electron chi connectivity index (χ2n) is 5.50. The summed E-state index contributed by atoms with van der Waals surface area (Å²) >= 11 is 5.72. The first-order chi connectivity index (χ1) is 11.1. The molecule has 1 aliphatic heterocycles. The lowest BCUT2D eigenvalue weighted by molar-refractivity contribution is -0.384. The van der Waals surface area contributed by atoms with Crippen molar-refractivity contribution in [1.29, 1.82) is 0 Å². The molecule has 134 valence electrons. The molecule has 0 N–H and O–H groups in total. The number of anilines is 1. The molecule has 0 spiro atoms. The molecule has 0 bridgehead atoms. The van der Waals surface area contributed by atoms with Gasteiger partial charge in [-0.05, 0) is 13.0 Å². The summed E-state index contributed by atoms with van der Waals surface area (Å²) in [5, 5.41) is 10.7. The first-order valence-corrected chi connectivity index (χ1v) is 7.45. The smallest absolute Gasteiger partial charge is 0.382 e. The van der Waals surface area contributed by atoms with E-state index in [2.05, 4.69) is 0 Å². The van der Waals surface area contributed by atoms with E-state index in [1.807, 2.05) is 0 Å². The first-order valence-electron chi connectivity index (χ1n) is 7.08. The van der Waals surface area contributed by atoms with Gasteiger partial charge in [-0.2, -0.15) is 13.2 Å². The van der Waals surface area contributed by atoms with Crippen LogP contribution in [-0.2, 0) is 15.7 Å². The van der Waals surface area contributed by atoms with Crippen molar-refractivity contribution in [1.82, 2.24) is 0 Å². The lowest BCUT2D eigenvalue weighted by Crippen LogP contribution is -2.48.